The number of amides is 2. The Bertz CT molecular complexity index is 805. The second-order valence-electron chi connectivity index (χ2n) is 7.81. The van der Waals surface area contributed by atoms with Gasteiger partial charge in [-0.15, -0.1) is 0 Å². The van der Waals surface area contributed by atoms with Gasteiger partial charge in [0.1, 0.15) is 5.75 Å². The van der Waals surface area contributed by atoms with E-state index < -0.39 is 0 Å². The molecule has 0 bridgehead atoms. The maximum absolute atomic E-state index is 12.1. The lowest BCUT2D eigenvalue weighted by Gasteiger charge is -2.19. The predicted octanol–water partition coefficient (Wildman–Crippen LogP) is 4.13. The molecule has 5 heteroatoms. The van der Waals surface area contributed by atoms with Gasteiger partial charge >= 0.3 is 0 Å². The van der Waals surface area contributed by atoms with Crippen molar-refractivity contribution in [3.63, 3.8) is 0 Å². The summed E-state index contributed by atoms with van der Waals surface area (Å²) in [7, 11) is 0. The molecule has 1 N–H and O–H groups in total. The van der Waals surface area contributed by atoms with Crippen LogP contribution < -0.4 is 15.0 Å². The van der Waals surface area contributed by atoms with E-state index >= 15 is 0 Å². The van der Waals surface area contributed by atoms with E-state index in [-0.39, 0.29) is 23.8 Å². The van der Waals surface area contributed by atoms with E-state index in [9.17, 15) is 9.59 Å². The zero-order chi connectivity index (χ0) is 19.4. The normalized spacial score (nSPS) is 14.3. The molecule has 0 atom stereocenters. The van der Waals surface area contributed by atoms with Crippen LogP contribution in [0.25, 0.3) is 0 Å². The summed E-state index contributed by atoms with van der Waals surface area (Å²) in [6, 6.07) is 15.1. The van der Waals surface area contributed by atoms with Crippen molar-refractivity contribution in [1.82, 2.24) is 0 Å². The van der Waals surface area contributed by atoms with Crippen LogP contribution in [0.15, 0.2) is 48.5 Å². The highest BCUT2D eigenvalue weighted by molar-refractivity contribution is 5.95. The number of ether oxygens (including phenoxy) is 1. The van der Waals surface area contributed by atoms with E-state index in [0.29, 0.717) is 12.2 Å². The van der Waals surface area contributed by atoms with E-state index in [2.05, 4.69) is 26.1 Å². The molecular weight excluding hydrogens is 340 g/mol. The molecule has 1 heterocycles. The quantitative estimate of drug-likeness (QED) is 0.866. The molecule has 5 nitrogen and oxygen atoms in total. The van der Waals surface area contributed by atoms with Gasteiger partial charge in [0.15, 0.2) is 6.61 Å². The standard InChI is InChI=1S/C22H26N2O3/c1-22(2,3)16-6-8-17(9-7-16)23-20(25)15-27-19-12-10-18(11-13-19)24-14-4-5-21(24)26/h6-13H,4-5,14-15H2,1-3H3,(H,23,25). The highest BCUT2D eigenvalue weighted by atomic mass is 16.5. The minimum atomic E-state index is -0.211. The summed E-state index contributed by atoms with van der Waals surface area (Å²) in [5.74, 6) is 0.543. The molecule has 0 unspecified atom stereocenters. The van der Waals surface area contributed by atoms with Gasteiger partial charge < -0.3 is 15.0 Å². The van der Waals surface area contributed by atoms with Gasteiger partial charge in [0.2, 0.25) is 5.91 Å². The van der Waals surface area contributed by atoms with Gasteiger partial charge in [-0.3, -0.25) is 9.59 Å². The van der Waals surface area contributed by atoms with Crippen LogP contribution >= 0.6 is 0 Å². The summed E-state index contributed by atoms with van der Waals surface area (Å²) in [6.07, 6.45) is 1.50. The van der Waals surface area contributed by atoms with E-state index in [4.69, 9.17) is 4.74 Å². The van der Waals surface area contributed by atoms with Crippen LogP contribution in [0.5, 0.6) is 5.75 Å². The predicted molar refractivity (Wildman–Crippen MR) is 107 cm³/mol. The van der Waals surface area contributed by atoms with Gasteiger partial charge in [0, 0.05) is 24.3 Å². The van der Waals surface area contributed by atoms with Crippen LogP contribution in [-0.4, -0.2) is 25.0 Å². The van der Waals surface area contributed by atoms with Crippen LogP contribution in [0.3, 0.4) is 0 Å². The number of anilines is 2. The molecular formula is C22H26N2O3. The Kier molecular flexibility index (Phi) is 5.49. The topological polar surface area (TPSA) is 58.6 Å². The summed E-state index contributed by atoms with van der Waals surface area (Å²) < 4.78 is 5.55. The van der Waals surface area contributed by atoms with Gasteiger partial charge in [-0.2, -0.15) is 0 Å². The molecule has 0 aliphatic carbocycles. The second-order valence-corrected chi connectivity index (χ2v) is 7.81. The maximum Gasteiger partial charge on any atom is 0.262 e. The van der Waals surface area contributed by atoms with Crippen LogP contribution in [-0.2, 0) is 15.0 Å². The Morgan fingerprint density at radius 3 is 2.30 bits per heavy atom. The van der Waals surface area contributed by atoms with Crippen molar-refractivity contribution in [2.75, 3.05) is 23.4 Å². The smallest absolute Gasteiger partial charge is 0.262 e. The number of rotatable bonds is 5. The number of hydrogen-bond acceptors (Lipinski definition) is 3. The largest absolute Gasteiger partial charge is 0.484 e. The van der Waals surface area contributed by atoms with Gasteiger partial charge in [-0.1, -0.05) is 32.9 Å². The first-order valence-corrected chi connectivity index (χ1v) is 9.26. The molecule has 2 amide bonds. The third kappa shape index (κ3) is 4.88. The van der Waals surface area contributed by atoms with Crippen LogP contribution in [0.1, 0.15) is 39.2 Å². The van der Waals surface area contributed by atoms with E-state index in [0.717, 1.165) is 24.3 Å². The van der Waals surface area contributed by atoms with Crippen LogP contribution in [0.4, 0.5) is 11.4 Å². The third-order valence-electron chi connectivity index (χ3n) is 4.63. The lowest BCUT2D eigenvalue weighted by Crippen LogP contribution is -2.23. The maximum atomic E-state index is 12.1. The first-order chi connectivity index (χ1) is 12.8. The van der Waals surface area contributed by atoms with Crippen molar-refractivity contribution in [3.05, 3.63) is 54.1 Å². The lowest BCUT2D eigenvalue weighted by molar-refractivity contribution is -0.118. The first kappa shape index (κ1) is 19.0. The molecule has 1 fully saturated rings. The lowest BCUT2D eigenvalue weighted by atomic mass is 9.87. The molecule has 27 heavy (non-hydrogen) atoms. The number of hydrogen-bond donors (Lipinski definition) is 1. The third-order valence-corrected chi connectivity index (χ3v) is 4.63. The molecule has 0 spiro atoms. The van der Waals surface area contributed by atoms with Gasteiger partial charge in [0.25, 0.3) is 5.91 Å². The van der Waals surface area contributed by atoms with Gasteiger partial charge in [-0.05, 0) is 53.8 Å². The average molecular weight is 366 g/mol. The fraction of sp³-hybridized carbons (Fsp3) is 0.364. The van der Waals surface area contributed by atoms with Crippen molar-refractivity contribution in [3.8, 4) is 5.75 Å². The van der Waals surface area contributed by atoms with Crippen molar-refractivity contribution < 1.29 is 14.3 Å². The van der Waals surface area contributed by atoms with Gasteiger partial charge in [0.05, 0.1) is 0 Å². The summed E-state index contributed by atoms with van der Waals surface area (Å²) in [5, 5.41) is 2.84. The van der Waals surface area contributed by atoms with Crippen LogP contribution in [0, 0.1) is 0 Å². The monoisotopic (exact) mass is 366 g/mol. The highest BCUT2D eigenvalue weighted by Gasteiger charge is 2.21. The molecule has 3 rings (SSSR count). The summed E-state index contributed by atoms with van der Waals surface area (Å²) in [4.78, 5) is 25.6. The molecule has 0 aromatic heterocycles. The highest BCUT2D eigenvalue weighted by Crippen LogP contribution is 2.25. The van der Waals surface area contributed by atoms with Crippen molar-refractivity contribution in [2.45, 2.75) is 39.0 Å². The number of carbonyl (C=O) groups excluding carboxylic acids is 2. The van der Waals surface area contributed by atoms with Crippen LogP contribution in [0.2, 0.25) is 0 Å². The molecule has 1 aliphatic rings. The zero-order valence-corrected chi connectivity index (χ0v) is 16.1. The molecule has 0 saturated carbocycles. The Morgan fingerprint density at radius 1 is 1.07 bits per heavy atom. The van der Waals surface area contributed by atoms with E-state index in [1.165, 1.54) is 5.56 Å². The molecule has 2 aromatic carbocycles. The molecule has 2 aromatic rings. The van der Waals surface area contributed by atoms with E-state index in [1.54, 1.807) is 17.0 Å². The first-order valence-electron chi connectivity index (χ1n) is 9.26. The molecule has 0 radical (unpaired) electrons. The Morgan fingerprint density at radius 2 is 1.74 bits per heavy atom. The van der Waals surface area contributed by atoms with Crippen molar-refractivity contribution in [1.29, 1.82) is 0 Å². The number of nitrogens with zero attached hydrogens (tertiary/aromatic N) is 1. The average Bonchev–Trinajstić information content (AvgIpc) is 3.06. The fourth-order valence-corrected chi connectivity index (χ4v) is 3.04. The summed E-state index contributed by atoms with van der Waals surface area (Å²) in [6.45, 7) is 7.15. The number of carbonyl (C=O) groups is 2. The minimum absolute atomic E-state index is 0.0665. The summed E-state index contributed by atoms with van der Waals surface area (Å²) >= 11 is 0. The second kappa shape index (κ2) is 7.82. The zero-order valence-electron chi connectivity index (χ0n) is 16.1. The number of benzene rings is 2. The SMILES string of the molecule is CC(C)(C)c1ccc(NC(=O)COc2ccc(N3CCCC3=O)cc2)cc1. The minimum Gasteiger partial charge on any atom is -0.484 e. The number of nitrogens with one attached hydrogen (secondary N) is 1. The fourth-order valence-electron chi connectivity index (χ4n) is 3.04. The Hall–Kier alpha value is -2.82. The van der Waals surface area contributed by atoms with Gasteiger partial charge in [-0.25, -0.2) is 0 Å². The van der Waals surface area contributed by atoms with E-state index in [1.807, 2.05) is 36.4 Å². The molecule has 142 valence electrons. The Balaban J connectivity index is 1.51. The molecule has 1 saturated heterocycles. The van der Waals surface area contributed by atoms with Crippen molar-refractivity contribution >= 4 is 23.2 Å². The molecule has 1 aliphatic heterocycles. The van der Waals surface area contributed by atoms with Crippen molar-refractivity contribution in [2.24, 2.45) is 0 Å². The summed E-state index contributed by atoms with van der Waals surface area (Å²) in [5.41, 5.74) is 2.92. The Labute approximate surface area is 160 Å².